The lowest BCUT2D eigenvalue weighted by atomic mass is 9.98. The zero-order valence-corrected chi connectivity index (χ0v) is 16.1. The first-order chi connectivity index (χ1) is 13.0. The number of amides is 1. The predicted molar refractivity (Wildman–Crippen MR) is 105 cm³/mol. The Labute approximate surface area is 161 Å². The van der Waals surface area contributed by atoms with E-state index in [0.717, 1.165) is 33.6 Å². The molecule has 1 aliphatic rings. The molecule has 1 atom stereocenters. The van der Waals surface area contributed by atoms with Gasteiger partial charge in [-0.2, -0.15) is 5.10 Å². The second-order valence-corrected chi connectivity index (χ2v) is 8.07. The highest BCUT2D eigenvalue weighted by Crippen LogP contribution is 2.32. The quantitative estimate of drug-likeness (QED) is 0.749. The fourth-order valence-corrected chi connectivity index (χ4v) is 4.78. The zero-order valence-electron chi connectivity index (χ0n) is 15.3. The van der Waals surface area contributed by atoms with Gasteiger partial charge in [0.05, 0.1) is 22.2 Å². The van der Waals surface area contributed by atoms with Gasteiger partial charge < -0.3 is 10.0 Å². The van der Waals surface area contributed by atoms with Crippen molar-refractivity contribution in [2.24, 2.45) is 5.92 Å². The highest BCUT2D eigenvalue weighted by atomic mass is 32.1. The van der Waals surface area contributed by atoms with Crippen LogP contribution in [0.25, 0.3) is 15.9 Å². The number of nitrogens with zero attached hydrogens (tertiary/aromatic N) is 3. The Morgan fingerprint density at radius 1 is 1.26 bits per heavy atom. The van der Waals surface area contributed by atoms with Gasteiger partial charge in [-0.3, -0.25) is 9.59 Å². The van der Waals surface area contributed by atoms with Crippen molar-refractivity contribution >= 4 is 33.4 Å². The predicted octanol–water partition coefficient (Wildman–Crippen LogP) is 3.64. The summed E-state index contributed by atoms with van der Waals surface area (Å²) in [6, 6.07) is 9.92. The Balaban J connectivity index is 1.70. The molecular formula is C20H21N3O3S. The van der Waals surface area contributed by atoms with Gasteiger partial charge in [-0.1, -0.05) is 18.2 Å². The van der Waals surface area contributed by atoms with Gasteiger partial charge in [0.2, 0.25) is 0 Å². The van der Waals surface area contributed by atoms with Crippen LogP contribution in [0.3, 0.4) is 0 Å². The van der Waals surface area contributed by atoms with Crippen molar-refractivity contribution in [2.45, 2.75) is 26.7 Å². The fraction of sp³-hybridized carbons (Fsp3) is 0.350. The number of aryl methyl sites for hydroxylation is 2. The molecule has 1 N–H and O–H groups in total. The lowest BCUT2D eigenvalue weighted by Crippen LogP contribution is -2.42. The van der Waals surface area contributed by atoms with Crippen LogP contribution in [0, 0.1) is 19.8 Å². The van der Waals surface area contributed by atoms with Crippen molar-refractivity contribution < 1.29 is 14.7 Å². The number of carboxylic acid groups (broad SMARTS) is 1. The van der Waals surface area contributed by atoms with E-state index >= 15 is 0 Å². The SMILES string of the molecule is Cc1ccccc1-n1nc(C)c2cc(C(=O)N3CCCC(C(=O)O)C3)sc21. The lowest BCUT2D eigenvalue weighted by molar-refractivity contribution is -0.143. The molecular weight excluding hydrogens is 362 g/mol. The van der Waals surface area contributed by atoms with Crippen LogP contribution in [0.4, 0.5) is 0 Å². The van der Waals surface area contributed by atoms with E-state index in [9.17, 15) is 14.7 Å². The molecule has 0 saturated carbocycles. The molecule has 3 aromatic rings. The van der Waals surface area contributed by atoms with E-state index in [1.165, 1.54) is 11.3 Å². The van der Waals surface area contributed by atoms with Crippen LogP contribution in [0.15, 0.2) is 30.3 Å². The standard InChI is InChI=1S/C20H21N3O3S/c1-12-6-3-4-8-16(12)23-19-15(13(2)21-23)10-17(27-19)18(24)22-9-5-7-14(11-22)20(25)26/h3-4,6,8,10,14H,5,7,9,11H2,1-2H3,(H,25,26). The van der Waals surface area contributed by atoms with Gasteiger partial charge >= 0.3 is 5.97 Å². The number of fused-ring (bicyclic) bond motifs is 1. The molecule has 1 aliphatic heterocycles. The van der Waals surface area contributed by atoms with Gasteiger partial charge in [0.15, 0.2) is 0 Å². The van der Waals surface area contributed by atoms with E-state index in [1.807, 2.05) is 48.9 Å². The van der Waals surface area contributed by atoms with E-state index in [2.05, 4.69) is 5.10 Å². The molecule has 6 nitrogen and oxygen atoms in total. The summed E-state index contributed by atoms with van der Waals surface area (Å²) in [5, 5.41) is 14.9. The number of carboxylic acids is 1. The maximum Gasteiger partial charge on any atom is 0.308 e. The Morgan fingerprint density at radius 2 is 2.04 bits per heavy atom. The van der Waals surface area contributed by atoms with Crippen molar-refractivity contribution in [3.8, 4) is 5.69 Å². The molecule has 27 heavy (non-hydrogen) atoms. The van der Waals surface area contributed by atoms with Gasteiger partial charge in [0.1, 0.15) is 4.83 Å². The summed E-state index contributed by atoms with van der Waals surface area (Å²) in [5.74, 6) is -1.38. The van der Waals surface area contributed by atoms with Gasteiger partial charge in [-0.25, -0.2) is 4.68 Å². The number of aromatic nitrogens is 2. The maximum absolute atomic E-state index is 13.0. The summed E-state index contributed by atoms with van der Waals surface area (Å²) >= 11 is 1.42. The molecule has 4 rings (SSSR count). The van der Waals surface area contributed by atoms with E-state index < -0.39 is 11.9 Å². The number of piperidine rings is 1. The van der Waals surface area contributed by atoms with Crippen molar-refractivity contribution in [1.82, 2.24) is 14.7 Å². The second kappa shape index (κ2) is 6.81. The van der Waals surface area contributed by atoms with Crippen LogP contribution >= 0.6 is 11.3 Å². The van der Waals surface area contributed by atoms with Crippen LogP contribution in [-0.4, -0.2) is 44.8 Å². The molecule has 140 valence electrons. The molecule has 1 saturated heterocycles. The average Bonchev–Trinajstić information content (AvgIpc) is 3.22. The normalized spacial score (nSPS) is 17.4. The average molecular weight is 383 g/mol. The minimum absolute atomic E-state index is 0.0853. The first kappa shape index (κ1) is 17.7. The summed E-state index contributed by atoms with van der Waals surface area (Å²) in [4.78, 5) is 27.5. The molecule has 1 amide bonds. The number of carbonyl (C=O) groups excluding carboxylic acids is 1. The van der Waals surface area contributed by atoms with Crippen LogP contribution in [-0.2, 0) is 4.79 Å². The molecule has 0 radical (unpaired) electrons. The largest absolute Gasteiger partial charge is 0.481 e. The first-order valence-electron chi connectivity index (χ1n) is 9.03. The number of hydrogen-bond acceptors (Lipinski definition) is 4. The summed E-state index contributed by atoms with van der Waals surface area (Å²) in [6.45, 7) is 4.88. The van der Waals surface area contributed by atoms with Crippen molar-refractivity contribution in [2.75, 3.05) is 13.1 Å². The highest BCUT2D eigenvalue weighted by molar-refractivity contribution is 7.20. The minimum atomic E-state index is -0.824. The lowest BCUT2D eigenvalue weighted by Gasteiger charge is -2.30. The number of hydrogen-bond donors (Lipinski definition) is 1. The van der Waals surface area contributed by atoms with Gasteiger partial charge in [-0.05, 0) is 44.4 Å². The first-order valence-corrected chi connectivity index (χ1v) is 9.84. The zero-order chi connectivity index (χ0) is 19.1. The Morgan fingerprint density at radius 3 is 2.78 bits per heavy atom. The van der Waals surface area contributed by atoms with Gasteiger partial charge in [0, 0.05) is 18.5 Å². The highest BCUT2D eigenvalue weighted by Gasteiger charge is 2.30. The molecule has 3 heterocycles. The van der Waals surface area contributed by atoms with Gasteiger partial charge in [-0.15, -0.1) is 11.3 Å². The molecule has 1 aromatic carbocycles. The third-order valence-corrected chi connectivity index (χ3v) is 6.26. The van der Waals surface area contributed by atoms with E-state index in [4.69, 9.17) is 0 Å². The molecule has 1 fully saturated rings. The summed E-state index contributed by atoms with van der Waals surface area (Å²) in [5.41, 5.74) is 2.99. The number of benzene rings is 1. The van der Waals surface area contributed by atoms with Crippen molar-refractivity contribution in [3.63, 3.8) is 0 Å². The molecule has 7 heteroatoms. The van der Waals surface area contributed by atoms with E-state index in [-0.39, 0.29) is 12.5 Å². The Bertz CT molecular complexity index is 1040. The molecule has 0 bridgehead atoms. The molecule has 0 spiro atoms. The Kier molecular flexibility index (Phi) is 4.47. The monoisotopic (exact) mass is 383 g/mol. The minimum Gasteiger partial charge on any atom is -0.481 e. The van der Waals surface area contributed by atoms with Crippen LogP contribution in [0.1, 0.15) is 33.8 Å². The topological polar surface area (TPSA) is 75.4 Å². The number of rotatable bonds is 3. The third kappa shape index (κ3) is 3.12. The number of aliphatic carboxylic acids is 1. The molecule has 0 aliphatic carbocycles. The van der Waals surface area contributed by atoms with Crippen LogP contribution in [0.5, 0.6) is 0 Å². The third-order valence-electron chi connectivity index (χ3n) is 5.16. The van der Waals surface area contributed by atoms with Gasteiger partial charge in [0.25, 0.3) is 5.91 Å². The Hall–Kier alpha value is -2.67. The van der Waals surface area contributed by atoms with E-state index in [0.29, 0.717) is 17.8 Å². The maximum atomic E-state index is 13.0. The summed E-state index contributed by atoms with van der Waals surface area (Å²) in [7, 11) is 0. The molecule has 1 unspecified atom stereocenters. The summed E-state index contributed by atoms with van der Waals surface area (Å²) in [6.07, 6.45) is 1.36. The van der Waals surface area contributed by atoms with E-state index in [1.54, 1.807) is 4.90 Å². The number of thiophene rings is 1. The number of likely N-dealkylation sites (tertiary alicyclic amines) is 1. The smallest absolute Gasteiger partial charge is 0.308 e. The fourth-order valence-electron chi connectivity index (χ4n) is 3.64. The number of para-hydroxylation sites is 1. The van der Waals surface area contributed by atoms with Crippen LogP contribution < -0.4 is 0 Å². The molecule has 2 aromatic heterocycles. The van der Waals surface area contributed by atoms with Crippen molar-refractivity contribution in [1.29, 1.82) is 0 Å². The second-order valence-electron chi connectivity index (χ2n) is 7.04. The van der Waals surface area contributed by atoms with Crippen molar-refractivity contribution in [3.05, 3.63) is 46.5 Å². The number of carbonyl (C=O) groups is 2. The summed E-state index contributed by atoms with van der Waals surface area (Å²) < 4.78 is 1.90. The van der Waals surface area contributed by atoms with Crippen LogP contribution in [0.2, 0.25) is 0 Å².